The maximum Gasteiger partial charge on any atom is 0.494 e. The third-order valence-electron chi connectivity index (χ3n) is 19.5. The number of carbonyl (C=O) groups excluding carboxylic acids is 2. The molecule has 0 spiro atoms. The summed E-state index contributed by atoms with van der Waals surface area (Å²) in [5.41, 5.74) is 7.54. The van der Waals surface area contributed by atoms with E-state index in [-0.39, 0.29) is 21.3 Å². The minimum Gasteiger partial charge on any atom is -0.444 e. The zero-order chi connectivity index (χ0) is 70.4. The Morgan fingerprint density at radius 3 is 1.46 bits per heavy atom. The summed E-state index contributed by atoms with van der Waals surface area (Å²) < 4.78 is 40.0. The van der Waals surface area contributed by atoms with Gasteiger partial charge in [0.25, 0.3) is 0 Å². The predicted octanol–water partition coefficient (Wildman–Crippen LogP) is 17.1. The van der Waals surface area contributed by atoms with Crippen LogP contribution in [-0.2, 0) is 64.8 Å². The van der Waals surface area contributed by atoms with Crippen LogP contribution in [0, 0.1) is 0 Å². The molecule has 3 aliphatic rings. The number of hydrogen-bond donors (Lipinski definition) is 2. The van der Waals surface area contributed by atoms with E-state index < -0.39 is 58.2 Å². The monoisotopic (exact) mass is 1360 g/mol. The van der Waals surface area contributed by atoms with Gasteiger partial charge in [0.15, 0.2) is 28.3 Å². The van der Waals surface area contributed by atoms with Crippen molar-refractivity contribution in [3.63, 3.8) is 0 Å². The summed E-state index contributed by atoms with van der Waals surface area (Å²) in [7, 11) is -4.17. The van der Waals surface area contributed by atoms with Crippen LogP contribution < -0.4 is 16.1 Å². The van der Waals surface area contributed by atoms with E-state index in [1.807, 2.05) is 126 Å². The fraction of sp³-hybridized carbons (Fsp3) is 0.514. The van der Waals surface area contributed by atoms with Crippen molar-refractivity contribution in [2.24, 2.45) is 0 Å². The molecule has 7 heterocycles. The summed E-state index contributed by atoms with van der Waals surface area (Å²) in [5.74, 6) is 1.52. The van der Waals surface area contributed by atoms with Gasteiger partial charge in [0, 0.05) is 16.3 Å². The second-order valence-electron chi connectivity index (χ2n) is 32.3. The Morgan fingerprint density at radius 1 is 0.562 bits per heavy atom. The van der Waals surface area contributed by atoms with Gasteiger partial charge in [-0.1, -0.05) is 102 Å². The van der Waals surface area contributed by atoms with Gasteiger partial charge in [-0.25, -0.2) is 33.9 Å². The second kappa shape index (κ2) is 27.5. The molecule has 1 aliphatic heterocycles. The lowest BCUT2D eigenvalue weighted by Crippen LogP contribution is -2.48. The molecule has 8 aromatic rings. The summed E-state index contributed by atoms with van der Waals surface area (Å²) in [5, 5.41) is 18.2. The number of benzene rings is 2. The largest absolute Gasteiger partial charge is 0.494 e. The number of ether oxygens (including phenoxy) is 2. The van der Waals surface area contributed by atoms with Crippen LogP contribution in [0.25, 0.3) is 44.7 Å². The summed E-state index contributed by atoms with van der Waals surface area (Å²) in [6, 6.07) is 32.4. The Balaban J connectivity index is 0.000000180. The average molecular weight is 1360 g/mol. The molecule has 18 nitrogen and oxygen atoms in total. The lowest BCUT2D eigenvalue weighted by molar-refractivity contribution is 0.00578. The molecule has 2 amide bonds. The van der Waals surface area contributed by atoms with Crippen LogP contribution in [-0.4, -0.2) is 97.8 Å². The van der Waals surface area contributed by atoms with E-state index >= 15 is 0 Å². The number of nitrogens with zero attached hydrogens (tertiary/aromatic N) is 8. The first-order chi connectivity index (χ1) is 44.4. The molecule has 11 rings (SSSR count). The number of rotatable bonds is 12. The smallest absolute Gasteiger partial charge is 0.444 e. The van der Waals surface area contributed by atoms with Crippen LogP contribution in [0.4, 0.5) is 9.59 Å². The highest BCUT2D eigenvalue weighted by Gasteiger charge is 2.52. The first-order valence-electron chi connectivity index (χ1n) is 33.7. The zero-order valence-electron chi connectivity index (χ0n) is 60.8. The maximum atomic E-state index is 12.8. The topological polar surface area (TPSA) is 201 Å². The Bertz CT molecular complexity index is 4110. The van der Waals surface area contributed by atoms with Crippen LogP contribution in [0.2, 0.25) is 41.4 Å². The zero-order valence-corrected chi connectivity index (χ0v) is 63.6. The standard InChI is InChI=1S/C34H45N5O3Si.C25H36BN3O3Si.C15H21ClN2O2/c1-32(2,3)42-31(40)38-34(7)19-11-12-23-17-18-27(37-30(23)34)24-15-16-25-21-35-39(28(25)20-24)29-14-10-13-26(36-29)22-41-43(8,9)33(4,5)6;1-23(2,3)33(8,9)30-17-20-11-10-12-22(28-20)29-21-15-19(14-13-18(21)16-27-29)26-31-24(4,5)25(6,7)32-26;1-14(2,3)20-13(19)18-15(4)9-5-6-10-7-8-11(16)17-12(10)15/h10,13-18,20-21H,11-12,19,22H2,1-9H3,(H,38,40);10-16H,17H2,1-9H3;7-8H,5-6,9H2,1-4H3,(H,18,19). The molecule has 96 heavy (non-hydrogen) atoms. The normalized spacial score (nSPS) is 18.7. The van der Waals surface area contributed by atoms with Crippen molar-refractivity contribution in [1.29, 1.82) is 0 Å². The molecule has 1 fully saturated rings. The van der Waals surface area contributed by atoms with Crippen molar-refractivity contribution >= 4 is 74.8 Å². The van der Waals surface area contributed by atoms with E-state index in [0.29, 0.717) is 18.4 Å². The van der Waals surface area contributed by atoms with Gasteiger partial charge in [-0.05, 0) is 223 Å². The predicted molar refractivity (Wildman–Crippen MR) is 389 cm³/mol. The van der Waals surface area contributed by atoms with Gasteiger partial charge in [0.2, 0.25) is 0 Å². The fourth-order valence-corrected chi connectivity index (χ4v) is 13.3. The van der Waals surface area contributed by atoms with Gasteiger partial charge in [0.05, 0.1) is 87.4 Å². The Morgan fingerprint density at radius 2 is 1.00 bits per heavy atom. The minimum atomic E-state index is -1.90. The third kappa shape index (κ3) is 17.2. The molecule has 22 heteroatoms. The molecular weight excluding hydrogens is 1260 g/mol. The summed E-state index contributed by atoms with van der Waals surface area (Å²) in [6.07, 6.45) is 8.37. The van der Waals surface area contributed by atoms with Gasteiger partial charge < -0.3 is 38.3 Å². The van der Waals surface area contributed by atoms with Crippen LogP contribution >= 0.6 is 11.6 Å². The Hall–Kier alpha value is -6.85. The highest BCUT2D eigenvalue weighted by molar-refractivity contribution is 6.74. The molecule has 0 saturated carbocycles. The first kappa shape index (κ1) is 73.4. The summed E-state index contributed by atoms with van der Waals surface area (Å²) in [6.45, 7) is 46.9. The molecule has 2 unspecified atom stereocenters. The van der Waals surface area contributed by atoms with Crippen molar-refractivity contribution in [3.8, 4) is 22.9 Å². The number of halogens is 1. The van der Waals surface area contributed by atoms with E-state index in [0.717, 1.165) is 123 Å². The Labute approximate surface area is 576 Å². The number of hydrogen-bond acceptors (Lipinski definition) is 14. The van der Waals surface area contributed by atoms with Gasteiger partial charge in [-0.3, -0.25) is 4.98 Å². The van der Waals surface area contributed by atoms with E-state index in [4.69, 9.17) is 54.2 Å². The number of fused-ring (bicyclic) bond motifs is 4. The molecule has 0 bridgehead atoms. The fourth-order valence-electron chi connectivity index (χ4n) is 11.3. The molecule has 2 aliphatic carbocycles. The highest BCUT2D eigenvalue weighted by atomic mass is 35.5. The second-order valence-corrected chi connectivity index (χ2v) is 42.3. The lowest BCUT2D eigenvalue weighted by Gasteiger charge is -2.36. The van der Waals surface area contributed by atoms with E-state index in [1.54, 1.807) is 6.07 Å². The number of amides is 2. The minimum absolute atomic E-state index is 0.132. The van der Waals surface area contributed by atoms with E-state index in [9.17, 15) is 9.59 Å². The van der Waals surface area contributed by atoms with Crippen molar-refractivity contribution in [1.82, 2.24) is 50.1 Å². The molecule has 514 valence electrons. The van der Waals surface area contributed by atoms with Gasteiger partial charge in [-0.15, -0.1) is 0 Å². The van der Waals surface area contributed by atoms with Crippen LogP contribution in [0.3, 0.4) is 0 Å². The van der Waals surface area contributed by atoms with Crippen molar-refractivity contribution in [2.75, 3.05) is 0 Å². The lowest BCUT2D eigenvalue weighted by atomic mass is 9.79. The van der Waals surface area contributed by atoms with Crippen molar-refractivity contribution in [2.45, 2.75) is 246 Å². The van der Waals surface area contributed by atoms with Crippen LogP contribution in [0.15, 0.2) is 109 Å². The summed E-state index contributed by atoms with van der Waals surface area (Å²) in [4.78, 5) is 44.1. The number of alkyl carbamates (subject to hydrolysis) is 2. The molecule has 6 aromatic heterocycles. The number of pyridine rings is 4. The van der Waals surface area contributed by atoms with Crippen LogP contribution in [0.5, 0.6) is 0 Å². The average Bonchev–Trinajstić information content (AvgIpc) is 1.14. The summed E-state index contributed by atoms with van der Waals surface area (Å²) >= 11 is 5.99. The van der Waals surface area contributed by atoms with E-state index in [1.165, 1.54) is 0 Å². The first-order valence-corrected chi connectivity index (χ1v) is 39.8. The molecule has 0 radical (unpaired) electrons. The van der Waals surface area contributed by atoms with Crippen molar-refractivity contribution < 1.29 is 37.2 Å². The van der Waals surface area contributed by atoms with Gasteiger partial charge in [0.1, 0.15) is 16.4 Å². The number of nitrogens with one attached hydrogen (secondary N) is 2. The third-order valence-corrected chi connectivity index (χ3v) is 28.7. The van der Waals surface area contributed by atoms with Crippen molar-refractivity contribution in [3.05, 3.63) is 149 Å². The molecule has 2 N–H and O–H groups in total. The number of aromatic nitrogens is 8. The quantitative estimate of drug-likeness (QED) is 0.0864. The van der Waals surface area contributed by atoms with E-state index in [2.05, 4.69) is 164 Å². The molecule has 2 aromatic carbocycles. The van der Waals surface area contributed by atoms with Crippen LogP contribution in [0.1, 0.15) is 184 Å². The SMILES string of the molecule is CC(C)(C)OC(=O)NC1(C)CCCc2ccc(-c3ccc4cnn(-c5cccc(CO[Si](C)(C)C(C)(C)C)n5)c4c3)nc21.CC(C)(C)OC(=O)NC1(C)CCCc2ccc(Cl)nc21.CC1(C)OB(c2ccc3cnn(-c4cccc(CO[Si](C)(C)C(C)(C)C)n4)c3c2)OC1(C)C. The highest BCUT2D eigenvalue weighted by Crippen LogP contribution is 2.41. The molecular formula is C74H102BClN10O8Si2. The molecule has 1 saturated heterocycles. The van der Waals surface area contributed by atoms with Gasteiger partial charge >= 0.3 is 19.3 Å². The Kier molecular flexibility index (Phi) is 21.0. The maximum absolute atomic E-state index is 12.8. The number of aryl methyl sites for hydroxylation is 2. The van der Waals surface area contributed by atoms with Gasteiger partial charge in [-0.2, -0.15) is 10.2 Å². The molecule has 2 atom stereocenters. The number of carbonyl (C=O) groups is 2.